The summed E-state index contributed by atoms with van der Waals surface area (Å²) < 4.78 is 5.18. The number of furan rings is 1. The Hall–Kier alpha value is -3.00. The van der Waals surface area contributed by atoms with E-state index < -0.39 is 17.9 Å². The summed E-state index contributed by atoms with van der Waals surface area (Å²) in [4.78, 5) is 23.2. The van der Waals surface area contributed by atoms with E-state index in [0.717, 1.165) is 5.56 Å². The summed E-state index contributed by atoms with van der Waals surface area (Å²) in [5.74, 6) is 0.484. The highest BCUT2D eigenvalue weighted by Gasteiger charge is 2.23. The van der Waals surface area contributed by atoms with Crippen LogP contribution in [0.4, 0.5) is 0 Å². The number of aliphatic carboxylic acids is 1. The smallest absolute Gasteiger partial charge is 0.327 e. The molecule has 106 valence electrons. The molecule has 0 bridgehead atoms. The average molecular weight is 283 g/mol. The molecule has 0 aliphatic carbocycles. The van der Waals surface area contributed by atoms with Crippen LogP contribution in [0.5, 0.6) is 0 Å². The average Bonchev–Trinajstić information content (AvgIpc) is 2.97. The van der Waals surface area contributed by atoms with Crippen LogP contribution in [0.3, 0.4) is 0 Å². The third-order valence-electron chi connectivity index (χ3n) is 2.88. The van der Waals surface area contributed by atoms with Gasteiger partial charge in [0, 0.05) is 12.0 Å². The molecule has 0 spiro atoms. The predicted molar refractivity (Wildman–Crippen MR) is 76.5 cm³/mol. The SMILES string of the molecule is C#CCC(NC(=O)c1occc1-c1ccccc1)C(=O)O. The molecular formula is C16H13NO4. The number of terminal acetylenes is 1. The van der Waals surface area contributed by atoms with Crippen molar-refractivity contribution < 1.29 is 19.1 Å². The van der Waals surface area contributed by atoms with Gasteiger partial charge in [-0.05, 0) is 11.6 Å². The summed E-state index contributed by atoms with van der Waals surface area (Å²) in [5, 5.41) is 11.4. The van der Waals surface area contributed by atoms with Gasteiger partial charge < -0.3 is 14.8 Å². The van der Waals surface area contributed by atoms with Crippen LogP contribution in [0.2, 0.25) is 0 Å². The highest BCUT2D eigenvalue weighted by atomic mass is 16.4. The predicted octanol–water partition coefficient (Wildman–Crippen LogP) is 2.15. The molecule has 2 aromatic rings. The lowest BCUT2D eigenvalue weighted by Crippen LogP contribution is -2.40. The lowest BCUT2D eigenvalue weighted by atomic mass is 10.1. The van der Waals surface area contributed by atoms with Gasteiger partial charge in [0.15, 0.2) is 5.76 Å². The molecule has 2 rings (SSSR count). The summed E-state index contributed by atoms with van der Waals surface area (Å²) in [5.41, 5.74) is 1.40. The minimum absolute atomic E-state index is 0.0597. The van der Waals surface area contributed by atoms with Gasteiger partial charge in [0.25, 0.3) is 5.91 Å². The van der Waals surface area contributed by atoms with Crippen LogP contribution in [0.25, 0.3) is 11.1 Å². The Morgan fingerprint density at radius 3 is 2.62 bits per heavy atom. The number of benzene rings is 1. The minimum atomic E-state index is -1.19. The van der Waals surface area contributed by atoms with Gasteiger partial charge in [0.1, 0.15) is 6.04 Å². The third kappa shape index (κ3) is 3.31. The summed E-state index contributed by atoms with van der Waals surface area (Å²) >= 11 is 0. The monoisotopic (exact) mass is 283 g/mol. The van der Waals surface area contributed by atoms with E-state index in [1.54, 1.807) is 6.07 Å². The maximum Gasteiger partial charge on any atom is 0.327 e. The molecule has 0 saturated carbocycles. The van der Waals surface area contributed by atoms with Crippen molar-refractivity contribution >= 4 is 11.9 Å². The molecule has 1 heterocycles. The quantitative estimate of drug-likeness (QED) is 0.824. The molecule has 5 heteroatoms. The van der Waals surface area contributed by atoms with Gasteiger partial charge in [0.05, 0.1) is 6.26 Å². The first kappa shape index (κ1) is 14.4. The Bertz CT molecular complexity index is 682. The van der Waals surface area contributed by atoms with Crippen LogP contribution >= 0.6 is 0 Å². The Kier molecular flexibility index (Phi) is 4.42. The van der Waals surface area contributed by atoms with Gasteiger partial charge >= 0.3 is 5.97 Å². The number of rotatable bonds is 5. The summed E-state index contributed by atoms with van der Waals surface area (Å²) in [6.07, 6.45) is 6.38. The number of nitrogens with one attached hydrogen (secondary N) is 1. The number of carboxylic acid groups (broad SMARTS) is 1. The number of carboxylic acids is 1. The molecule has 0 fully saturated rings. The summed E-state index contributed by atoms with van der Waals surface area (Å²) in [6, 6.07) is 9.70. The molecule has 0 aliphatic heterocycles. The van der Waals surface area contributed by atoms with Gasteiger partial charge in [-0.2, -0.15) is 0 Å². The summed E-state index contributed by atoms with van der Waals surface area (Å²) in [7, 11) is 0. The van der Waals surface area contributed by atoms with E-state index in [1.165, 1.54) is 6.26 Å². The molecule has 21 heavy (non-hydrogen) atoms. The Morgan fingerprint density at radius 2 is 2.00 bits per heavy atom. The standard InChI is InChI=1S/C16H13NO4/c1-2-6-13(16(19)20)17-15(18)14-12(9-10-21-14)11-7-4-3-5-8-11/h1,3-5,7-10,13H,6H2,(H,17,18)(H,19,20). The van der Waals surface area contributed by atoms with E-state index in [-0.39, 0.29) is 12.2 Å². The van der Waals surface area contributed by atoms with E-state index in [0.29, 0.717) is 5.56 Å². The van der Waals surface area contributed by atoms with Crippen molar-refractivity contribution in [3.05, 3.63) is 48.4 Å². The number of hydrogen-bond donors (Lipinski definition) is 2. The second kappa shape index (κ2) is 6.44. The Labute approximate surface area is 121 Å². The van der Waals surface area contributed by atoms with E-state index in [9.17, 15) is 9.59 Å². The third-order valence-corrected chi connectivity index (χ3v) is 2.88. The van der Waals surface area contributed by atoms with Crippen molar-refractivity contribution in [2.24, 2.45) is 0 Å². The number of carbonyl (C=O) groups is 2. The first-order valence-corrected chi connectivity index (χ1v) is 6.23. The largest absolute Gasteiger partial charge is 0.480 e. The molecule has 0 radical (unpaired) electrons. The first-order valence-electron chi connectivity index (χ1n) is 6.23. The van der Waals surface area contributed by atoms with E-state index >= 15 is 0 Å². The van der Waals surface area contributed by atoms with E-state index in [4.69, 9.17) is 15.9 Å². The fourth-order valence-corrected chi connectivity index (χ4v) is 1.87. The molecule has 1 aromatic carbocycles. The zero-order valence-electron chi connectivity index (χ0n) is 11.1. The fraction of sp³-hybridized carbons (Fsp3) is 0.125. The summed E-state index contributed by atoms with van der Waals surface area (Å²) in [6.45, 7) is 0. The van der Waals surface area contributed by atoms with Crippen molar-refractivity contribution in [1.82, 2.24) is 5.32 Å². The number of carbonyl (C=O) groups excluding carboxylic acids is 1. The zero-order chi connectivity index (χ0) is 15.2. The maximum atomic E-state index is 12.2. The lowest BCUT2D eigenvalue weighted by Gasteiger charge is -2.11. The van der Waals surface area contributed by atoms with Gasteiger partial charge in [-0.1, -0.05) is 30.3 Å². The molecule has 1 atom stereocenters. The van der Waals surface area contributed by atoms with Crippen LogP contribution in [-0.2, 0) is 4.79 Å². The highest BCUT2D eigenvalue weighted by Crippen LogP contribution is 2.24. The van der Waals surface area contributed by atoms with Gasteiger partial charge in [-0.25, -0.2) is 4.79 Å². The molecule has 5 nitrogen and oxygen atoms in total. The second-order valence-corrected chi connectivity index (χ2v) is 4.30. The van der Waals surface area contributed by atoms with Crippen molar-refractivity contribution in [3.8, 4) is 23.5 Å². The van der Waals surface area contributed by atoms with Crippen LogP contribution < -0.4 is 5.32 Å². The Balaban J connectivity index is 2.24. The van der Waals surface area contributed by atoms with Crippen molar-refractivity contribution in [1.29, 1.82) is 0 Å². The molecule has 1 amide bonds. The molecule has 0 aliphatic rings. The molecule has 0 saturated heterocycles. The fourth-order valence-electron chi connectivity index (χ4n) is 1.87. The van der Waals surface area contributed by atoms with Crippen molar-refractivity contribution in [3.63, 3.8) is 0 Å². The van der Waals surface area contributed by atoms with E-state index in [1.807, 2.05) is 30.3 Å². The molecule has 2 N–H and O–H groups in total. The first-order chi connectivity index (χ1) is 10.1. The maximum absolute atomic E-state index is 12.2. The van der Waals surface area contributed by atoms with Crippen molar-refractivity contribution in [2.75, 3.05) is 0 Å². The van der Waals surface area contributed by atoms with E-state index in [2.05, 4.69) is 11.2 Å². The van der Waals surface area contributed by atoms with Crippen LogP contribution in [0.15, 0.2) is 47.1 Å². The van der Waals surface area contributed by atoms with Crippen LogP contribution in [0, 0.1) is 12.3 Å². The van der Waals surface area contributed by atoms with Crippen LogP contribution in [0.1, 0.15) is 17.0 Å². The highest BCUT2D eigenvalue weighted by molar-refractivity contribution is 5.99. The van der Waals surface area contributed by atoms with Gasteiger partial charge in [-0.15, -0.1) is 12.3 Å². The van der Waals surface area contributed by atoms with Crippen LogP contribution in [-0.4, -0.2) is 23.0 Å². The minimum Gasteiger partial charge on any atom is -0.480 e. The Morgan fingerprint density at radius 1 is 1.29 bits per heavy atom. The normalized spacial score (nSPS) is 11.4. The lowest BCUT2D eigenvalue weighted by molar-refractivity contribution is -0.139. The zero-order valence-corrected chi connectivity index (χ0v) is 11.1. The molecule has 1 aromatic heterocycles. The topological polar surface area (TPSA) is 79.5 Å². The van der Waals surface area contributed by atoms with Gasteiger partial charge in [-0.3, -0.25) is 4.79 Å². The van der Waals surface area contributed by atoms with Crippen molar-refractivity contribution in [2.45, 2.75) is 12.5 Å². The molecule has 1 unspecified atom stereocenters. The number of amides is 1. The molecular weight excluding hydrogens is 270 g/mol. The number of hydrogen-bond acceptors (Lipinski definition) is 3. The second-order valence-electron chi connectivity index (χ2n) is 4.30. The van der Waals surface area contributed by atoms with Gasteiger partial charge in [0.2, 0.25) is 0 Å².